The second kappa shape index (κ2) is 5.52. The van der Waals surface area contributed by atoms with Crippen LogP contribution in [0.5, 0.6) is 5.75 Å². The molecule has 0 unspecified atom stereocenters. The average Bonchev–Trinajstić information content (AvgIpc) is 2.82. The number of nitrogens with zero attached hydrogens (tertiary/aromatic N) is 2. The molecule has 0 fully saturated rings. The van der Waals surface area contributed by atoms with E-state index in [9.17, 15) is 5.11 Å². The van der Waals surface area contributed by atoms with Gasteiger partial charge in [0.15, 0.2) is 0 Å². The highest BCUT2D eigenvalue weighted by atomic mass is 16.3. The normalized spacial score (nSPS) is 10.7. The molecule has 0 atom stereocenters. The number of rotatable bonds is 3. The van der Waals surface area contributed by atoms with E-state index in [1.807, 2.05) is 45.2 Å². The Morgan fingerprint density at radius 3 is 2.59 bits per heavy atom. The van der Waals surface area contributed by atoms with Crippen molar-refractivity contribution in [2.45, 2.75) is 20.8 Å². The van der Waals surface area contributed by atoms with Gasteiger partial charge < -0.3 is 15.4 Å². The summed E-state index contributed by atoms with van der Waals surface area (Å²) >= 11 is 0. The van der Waals surface area contributed by atoms with Gasteiger partial charge in [0, 0.05) is 35.4 Å². The van der Waals surface area contributed by atoms with Crippen LogP contribution in [0.25, 0.3) is 11.3 Å². The molecule has 0 amide bonds. The average molecular weight is 294 g/mol. The Morgan fingerprint density at radius 2 is 1.91 bits per heavy atom. The number of aromatic amines is 1. The Labute approximate surface area is 129 Å². The fourth-order valence-corrected chi connectivity index (χ4v) is 2.43. The molecule has 22 heavy (non-hydrogen) atoms. The number of benzene rings is 1. The third-order valence-corrected chi connectivity index (χ3v) is 3.65. The van der Waals surface area contributed by atoms with Gasteiger partial charge in [-0.05, 0) is 44.0 Å². The summed E-state index contributed by atoms with van der Waals surface area (Å²) in [6.07, 6.45) is 3.70. The van der Waals surface area contributed by atoms with E-state index in [1.54, 1.807) is 12.3 Å². The summed E-state index contributed by atoms with van der Waals surface area (Å²) < 4.78 is 0. The highest BCUT2D eigenvalue weighted by molar-refractivity contribution is 5.68. The fourth-order valence-electron chi connectivity index (χ4n) is 2.43. The summed E-state index contributed by atoms with van der Waals surface area (Å²) in [4.78, 5) is 12.0. The first-order valence-corrected chi connectivity index (χ1v) is 7.09. The van der Waals surface area contributed by atoms with Crippen LogP contribution in [0.4, 0.5) is 11.6 Å². The van der Waals surface area contributed by atoms with Crippen LogP contribution < -0.4 is 5.32 Å². The lowest BCUT2D eigenvalue weighted by Gasteiger charge is -2.08. The lowest BCUT2D eigenvalue weighted by atomic mass is 10.1. The van der Waals surface area contributed by atoms with Gasteiger partial charge in [-0.25, -0.2) is 9.97 Å². The number of nitrogens with one attached hydrogen (secondary N) is 2. The zero-order valence-corrected chi connectivity index (χ0v) is 12.8. The van der Waals surface area contributed by atoms with Gasteiger partial charge in [-0.15, -0.1) is 0 Å². The van der Waals surface area contributed by atoms with Crippen molar-refractivity contribution in [3.63, 3.8) is 0 Å². The third kappa shape index (κ3) is 2.65. The van der Waals surface area contributed by atoms with Crippen molar-refractivity contribution in [2.24, 2.45) is 0 Å². The standard InChI is InChI=1S/C17H18N4O/c1-10-4-5-13(8-15(10)22)20-17-18-7-6-14(21-17)16-11(2)9-19-12(16)3/h4-9,19,22H,1-3H3,(H,18,20,21). The zero-order chi connectivity index (χ0) is 15.7. The molecular weight excluding hydrogens is 276 g/mol. The smallest absolute Gasteiger partial charge is 0.227 e. The molecule has 112 valence electrons. The Morgan fingerprint density at radius 1 is 1.09 bits per heavy atom. The molecule has 0 spiro atoms. The van der Waals surface area contributed by atoms with Crippen LogP contribution in [0.15, 0.2) is 36.7 Å². The highest BCUT2D eigenvalue weighted by Gasteiger charge is 2.10. The maximum absolute atomic E-state index is 9.77. The molecule has 3 rings (SSSR count). The molecule has 0 saturated carbocycles. The number of aromatic hydroxyl groups is 1. The summed E-state index contributed by atoms with van der Waals surface area (Å²) in [7, 11) is 0. The molecule has 0 radical (unpaired) electrons. The topological polar surface area (TPSA) is 73.8 Å². The van der Waals surface area contributed by atoms with Gasteiger partial charge in [0.05, 0.1) is 5.69 Å². The predicted octanol–water partition coefficient (Wildman–Crippen LogP) is 3.85. The Kier molecular flexibility index (Phi) is 3.55. The Bertz CT molecular complexity index is 804. The van der Waals surface area contributed by atoms with Crippen molar-refractivity contribution in [1.29, 1.82) is 0 Å². The van der Waals surface area contributed by atoms with Crippen molar-refractivity contribution >= 4 is 11.6 Å². The molecule has 1 aromatic carbocycles. The van der Waals surface area contributed by atoms with Crippen LogP contribution in [0, 0.1) is 20.8 Å². The van der Waals surface area contributed by atoms with E-state index in [0.717, 1.165) is 33.8 Å². The van der Waals surface area contributed by atoms with E-state index in [1.165, 1.54) is 0 Å². The second-order valence-electron chi connectivity index (χ2n) is 5.36. The molecular formula is C17H18N4O. The molecule has 2 aromatic heterocycles. The van der Waals surface area contributed by atoms with Crippen LogP contribution in [0.1, 0.15) is 16.8 Å². The van der Waals surface area contributed by atoms with Crippen LogP contribution in [0.3, 0.4) is 0 Å². The summed E-state index contributed by atoms with van der Waals surface area (Å²) in [5, 5.41) is 12.9. The monoisotopic (exact) mass is 294 g/mol. The summed E-state index contributed by atoms with van der Waals surface area (Å²) in [6.45, 7) is 5.93. The third-order valence-electron chi connectivity index (χ3n) is 3.65. The van der Waals surface area contributed by atoms with Crippen molar-refractivity contribution in [1.82, 2.24) is 15.0 Å². The summed E-state index contributed by atoms with van der Waals surface area (Å²) in [6, 6.07) is 7.29. The first-order valence-electron chi connectivity index (χ1n) is 7.09. The molecule has 0 aliphatic heterocycles. The van der Waals surface area contributed by atoms with E-state index in [4.69, 9.17) is 0 Å². The van der Waals surface area contributed by atoms with E-state index in [0.29, 0.717) is 5.95 Å². The molecule has 3 N–H and O–H groups in total. The maximum atomic E-state index is 9.77. The minimum absolute atomic E-state index is 0.249. The molecule has 5 heteroatoms. The van der Waals surface area contributed by atoms with Crippen LogP contribution in [-0.2, 0) is 0 Å². The first-order chi connectivity index (χ1) is 10.5. The summed E-state index contributed by atoms with van der Waals surface area (Å²) in [5.74, 6) is 0.749. The lowest BCUT2D eigenvalue weighted by molar-refractivity contribution is 0.471. The molecule has 2 heterocycles. The Hall–Kier alpha value is -2.82. The predicted molar refractivity (Wildman–Crippen MR) is 87.4 cm³/mol. The van der Waals surface area contributed by atoms with Gasteiger partial charge in [0.1, 0.15) is 5.75 Å². The molecule has 0 bridgehead atoms. The Balaban J connectivity index is 1.93. The largest absolute Gasteiger partial charge is 0.508 e. The van der Waals surface area contributed by atoms with Gasteiger partial charge in [-0.2, -0.15) is 0 Å². The number of hydrogen-bond acceptors (Lipinski definition) is 4. The number of hydrogen-bond donors (Lipinski definition) is 3. The van der Waals surface area contributed by atoms with Crippen molar-refractivity contribution < 1.29 is 5.11 Å². The number of phenolic OH excluding ortho intramolecular Hbond substituents is 1. The van der Waals surface area contributed by atoms with Crippen LogP contribution >= 0.6 is 0 Å². The number of aryl methyl sites for hydroxylation is 3. The quantitative estimate of drug-likeness (QED) is 0.686. The van der Waals surface area contributed by atoms with Gasteiger partial charge in [-0.3, -0.25) is 0 Å². The molecule has 5 nitrogen and oxygen atoms in total. The van der Waals surface area contributed by atoms with E-state index in [2.05, 4.69) is 20.3 Å². The van der Waals surface area contributed by atoms with Gasteiger partial charge in [0.25, 0.3) is 0 Å². The summed E-state index contributed by atoms with van der Waals surface area (Å²) in [5.41, 5.74) is 5.77. The van der Waals surface area contributed by atoms with E-state index >= 15 is 0 Å². The minimum atomic E-state index is 0.249. The second-order valence-corrected chi connectivity index (χ2v) is 5.36. The van der Waals surface area contributed by atoms with Crippen molar-refractivity contribution in [3.05, 3.63) is 53.5 Å². The number of anilines is 2. The first kappa shape index (κ1) is 14.1. The van der Waals surface area contributed by atoms with Gasteiger partial charge in [0.2, 0.25) is 5.95 Å². The SMILES string of the molecule is Cc1ccc(Nc2nccc(-c3c(C)c[nH]c3C)n2)cc1O. The number of phenols is 1. The van der Waals surface area contributed by atoms with Gasteiger partial charge in [-0.1, -0.05) is 6.07 Å². The number of H-pyrrole nitrogens is 1. The van der Waals surface area contributed by atoms with Crippen molar-refractivity contribution in [3.8, 4) is 17.0 Å². The van der Waals surface area contributed by atoms with E-state index in [-0.39, 0.29) is 5.75 Å². The van der Waals surface area contributed by atoms with Gasteiger partial charge >= 0.3 is 0 Å². The lowest BCUT2D eigenvalue weighted by Crippen LogP contribution is -1.98. The van der Waals surface area contributed by atoms with Crippen LogP contribution in [-0.4, -0.2) is 20.1 Å². The number of aromatic nitrogens is 3. The fraction of sp³-hybridized carbons (Fsp3) is 0.176. The van der Waals surface area contributed by atoms with E-state index < -0.39 is 0 Å². The van der Waals surface area contributed by atoms with Crippen LogP contribution in [0.2, 0.25) is 0 Å². The molecule has 3 aromatic rings. The van der Waals surface area contributed by atoms with Crippen molar-refractivity contribution in [2.75, 3.05) is 5.32 Å². The minimum Gasteiger partial charge on any atom is -0.508 e. The maximum Gasteiger partial charge on any atom is 0.227 e. The zero-order valence-electron chi connectivity index (χ0n) is 12.8. The molecule has 0 aliphatic rings. The molecule has 0 aliphatic carbocycles. The molecule has 0 saturated heterocycles. The highest BCUT2D eigenvalue weighted by Crippen LogP contribution is 2.27.